The molecule has 1 unspecified atom stereocenters. The molecule has 1 aliphatic heterocycles. The predicted molar refractivity (Wildman–Crippen MR) is 90.6 cm³/mol. The molecular weight excluding hydrogens is 290 g/mol. The molecule has 0 spiro atoms. The number of carbonyl (C=O) groups excluding carboxylic acids is 1. The Hall–Kier alpha value is -2.14. The van der Waals surface area contributed by atoms with Gasteiger partial charge in [0, 0.05) is 39.0 Å². The number of aliphatic hydroxyl groups excluding tert-OH is 1. The van der Waals surface area contributed by atoms with Crippen molar-refractivity contribution in [3.63, 3.8) is 0 Å². The number of hydrogen-bond acceptors (Lipinski definition) is 5. The highest BCUT2D eigenvalue weighted by molar-refractivity contribution is 6.14. The van der Waals surface area contributed by atoms with Crippen LogP contribution < -0.4 is 0 Å². The van der Waals surface area contributed by atoms with Crippen LogP contribution in [0.2, 0.25) is 0 Å². The molecule has 2 aliphatic rings. The van der Waals surface area contributed by atoms with E-state index in [0.29, 0.717) is 18.4 Å². The van der Waals surface area contributed by atoms with Gasteiger partial charge in [0.15, 0.2) is 5.78 Å². The molecular formula is C18H23N3O2. The number of allylic oxidation sites excluding steroid dienone is 2. The van der Waals surface area contributed by atoms with E-state index < -0.39 is 0 Å². The summed E-state index contributed by atoms with van der Waals surface area (Å²) in [5.41, 5.74) is 1.47. The molecule has 1 aliphatic carbocycles. The third-order valence-corrected chi connectivity index (χ3v) is 4.58. The molecule has 3 rings (SSSR count). The quantitative estimate of drug-likeness (QED) is 0.869. The zero-order valence-corrected chi connectivity index (χ0v) is 13.5. The van der Waals surface area contributed by atoms with Gasteiger partial charge in [-0.3, -0.25) is 9.80 Å². The van der Waals surface area contributed by atoms with E-state index >= 15 is 0 Å². The largest absolute Gasteiger partial charge is 0.511 e. The van der Waals surface area contributed by atoms with E-state index in [1.807, 2.05) is 35.3 Å². The fourth-order valence-electron chi connectivity index (χ4n) is 3.07. The minimum atomic E-state index is -0.0273. The van der Waals surface area contributed by atoms with Crippen molar-refractivity contribution in [1.82, 2.24) is 9.91 Å². The van der Waals surface area contributed by atoms with Crippen molar-refractivity contribution >= 4 is 12.0 Å². The van der Waals surface area contributed by atoms with Crippen LogP contribution in [0.4, 0.5) is 0 Å². The third kappa shape index (κ3) is 3.79. The van der Waals surface area contributed by atoms with Crippen LogP contribution in [-0.4, -0.2) is 60.2 Å². The fourth-order valence-corrected chi connectivity index (χ4v) is 3.07. The van der Waals surface area contributed by atoms with E-state index in [9.17, 15) is 9.90 Å². The summed E-state index contributed by atoms with van der Waals surface area (Å²) < 4.78 is 0. The number of Topliss-reactive ketones (excluding diaryl/α,β-unsaturated/α-hetero) is 1. The van der Waals surface area contributed by atoms with Crippen LogP contribution in [0.15, 0.2) is 46.8 Å². The smallest absolute Gasteiger partial charge is 0.168 e. The van der Waals surface area contributed by atoms with Gasteiger partial charge < -0.3 is 10.0 Å². The monoisotopic (exact) mass is 313 g/mol. The number of aliphatic hydroxyl groups is 1. The van der Waals surface area contributed by atoms with Crippen molar-refractivity contribution in [2.24, 2.45) is 5.10 Å². The fraction of sp³-hybridized carbons (Fsp3) is 0.444. The predicted octanol–water partition coefficient (Wildman–Crippen LogP) is 2.18. The lowest BCUT2D eigenvalue weighted by molar-refractivity contribution is -0.116. The van der Waals surface area contributed by atoms with E-state index in [1.54, 1.807) is 6.21 Å². The van der Waals surface area contributed by atoms with Crippen molar-refractivity contribution < 1.29 is 9.90 Å². The summed E-state index contributed by atoms with van der Waals surface area (Å²) in [6.45, 7) is 3.63. The summed E-state index contributed by atoms with van der Waals surface area (Å²) in [6, 6.07) is 9.90. The van der Waals surface area contributed by atoms with Crippen LogP contribution in [0.3, 0.4) is 0 Å². The van der Waals surface area contributed by atoms with Gasteiger partial charge >= 0.3 is 0 Å². The zero-order valence-electron chi connectivity index (χ0n) is 13.5. The minimum Gasteiger partial charge on any atom is -0.511 e. The first-order valence-corrected chi connectivity index (χ1v) is 8.11. The molecule has 1 aromatic rings. The molecule has 1 atom stereocenters. The van der Waals surface area contributed by atoms with Crippen molar-refractivity contribution in [1.29, 1.82) is 0 Å². The van der Waals surface area contributed by atoms with E-state index in [-0.39, 0.29) is 17.5 Å². The number of hydrazone groups is 1. The Morgan fingerprint density at radius 1 is 1.13 bits per heavy atom. The second kappa shape index (κ2) is 6.96. The van der Waals surface area contributed by atoms with E-state index in [4.69, 9.17) is 0 Å². The van der Waals surface area contributed by atoms with Gasteiger partial charge in [-0.2, -0.15) is 5.10 Å². The number of hydrogen-bond donors (Lipinski definition) is 1. The number of rotatable bonds is 3. The zero-order chi connectivity index (χ0) is 16.2. The maximum Gasteiger partial charge on any atom is 0.168 e. The summed E-state index contributed by atoms with van der Waals surface area (Å²) in [5, 5.41) is 16.6. The topological polar surface area (TPSA) is 56.1 Å². The number of benzene rings is 1. The van der Waals surface area contributed by atoms with Crippen molar-refractivity contribution in [3.8, 4) is 0 Å². The maximum absolute atomic E-state index is 12.4. The molecule has 5 nitrogen and oxygen atoms in total. The molecule has 5 heteroatoms. The van der Waals surface area contributed by atoms with E-state index in [1.165, 1.54) is 0 Å². The molecule has 1 N–H and O–H groups in total. The summed E-state index contributed by atoms with van der Waals surface area (Å²) in [6.07, 6.45) is 2.47. The first kappa shape index (κ1) is 15.7. The van der Waals surface area contributed by atoms with Gasteiger partial charge in [-0.25, -0.2) is 0 Å². The second-order valence-corrected chi connectivity index (χ2v) is 6.30. The first-order valence-electron chi connectivity index (χ1n) is 8.11. The van der Waals surface area contributed by atoms with Crippen LogP contribution in [0, 0.1) is 0 Å². The Labute approximate surface area is 136 Å². The summed E-state index contributed by atoms with van der Waals surface area (Å²) in [4.78, 5) is 14.6. The molecule has 1 fully saturated rings. The Bertz CT molecular complexity index is 616. The lowest BCUT2D eigenvalue weighted by atomic mass is 9.83. The Morgan fingerprint density at radius 3 is 2.48 bits per heavy atom. The SMILES string of the molecule is CN1CCN(N=CC2=C(O)CC(c3ccccc3)CC2=O)CC1. The van der Waals surface area contributed by atoms with Gasteiger partial charge in [0.25, 0.3) is 0 Å². The average Bonchev–Trinajstić information content (AvgIpc) is 2.56. The summed E-state index contributed by atoms with van der Waals surface area (Å²) in [5.74, 6) is 0.193. The van der Waals surface area contributed by atoms with Crippen LogP contribution in [0.5, 0.6) is 0 Å². The van der Waals surface area contributed by atoms with Crippen molar-refractivity contribution in [2.45, 2.75) is 18.8 Å². The van der Waals surface area contributed by atoms with E-state index in [0.717, 1.165) is 31.7 Å². The number of ketones is 1. The Morgan fingerprint density at radius 2 is 1.83 bits per heavy atom. The van der Waals surface area contributed by atoms with Gasteiger partial charge in [0.2, 0.25) is 0 Å². The lowest BCUT2D eigenvalue weighted by Crippen LogP contribution is -2.41. The highest BCUT2D eigenvalue weighted by Crippen LogP contribution is 2.32. The Kier molecular flexibility index (Phi) is 4.76. The second-order valence-electron chi connectivity index (χ2n) is 6.30. The summed E-state index contributed by atoms with van der Waals surface area (Å²) >= 11 is 0. The van der Waals surface area contributed by atoms with Gasteiger partial charge in [-0.1, -0.05) is 30.3 Å². The molecule has 0 bridgehead atoms. The number of piperazine rings is 1. The van der Waals surface area contributed by atoms with Gasteiger partial charge in [0.1, 0.15) is 5.76 Å². The average molecular weight is 313 g/mol. The van der Waals surface area contributed by atoms with Crippen LogP contribution in [0.25, 0.3) is 0 Å². The van der Waals surface area contributed by atoms with Gasteiger partial charge in [-0.15, -0.1) is 0 Å². The van der Waals surface area contributed by atoms with Gasteiger partial charge in [0.05, 0.1) is 11.8 Å². The summed E-state index contributed by atoms with van der Waals surface area (Å²) in [7, 11) is 2.09. The number of likely N-dealkylation sites (N-methyl/N-ethyl adjacent to an activating group) is 1. The first-order chi connectivity index (χ1) is 11.1. The molecule has 0 saturated carbocycles. The highest BCUT2D eigenvalue weighted by atomic mass is 16.3. The lowest BCUT2D eigenvalue weighted by Gasteiger charge is -2.30. The van der Waals surface area contributed by atoms with Crippen LogP contribution in [0.1, 0.15) is 24.3 Å². The molecule has 0 radical (unpaired) electrons. The molecule has 122 valence electrons. The van der Waals surface area contributed by atoms with Crippen LogP contribution >= 0.6 is 0 Å². The van der Waals surface area contributed by atoms with Crippen molar-refractivity contribution in [2.75, 3.05) is 33.2 Å². The number of nitrogens with zero attached hydrogens (tertiary/aromatic N) is 3. The molecule has 23 heavy (non-hydrogen) atoms. The highest BCUT2D eigenvalue weighted by Gasteiger charge is 2.27. The molecule has 1 saturated heterocycles. The van der Waals surface area contributed by atoms with Crippen molar-refractivity contribution in [3.05, 3.63) is 47.2 Å². The third-order valence-electron chi connectivity index (χ3n) is 4.58. The molecule has 0 aromatic heterocycles. The Balaban J connectivity index is 1.69. The van der Waals surface area contributed by atoms with E-state index in [2.05, 4.69) is 17.0 Å². The standard InChI is InChI=1S/C18H23N3O2/c1-20-7-9-21(10-8-20)19-13-16-17(22)11-15(12-18(16)23)14-5-3-2-4-6-14/h2-6,13,15,22H,7-12H2,1H3. The molecule has 1 aromatic carbocycles. The van der Waals surface area contributed by atoms with Crippen LogP contribution in [-0.2, 0) is 4.79 Å². The maximum atomic E-state index is 12.4. The van der Waals surface area contributed by atoms with Gasteiger partial charge in [-0.05, 0) is 18.5 Å². The molecule has 0 amide bonds. The number of carbonyl (C=O) groups is 1. The minimum absolute atomic E-state index is 0.0273. The normalized spacial score (nSPS) is 23.8. The molecule has 1 heterocycles.